The van der Waals surface area contributed by atoms with Crippen molar-refractivity contribution in [3.8, 4) is 22.7 Å². The standard InChI is InChI=1S/C27H18Cl2F3N5OS/c1-15(35-36-26(39)34-25-21(28)3-2-4-22(25)29)16-5-11-20-17(13-16)6-12-23-24(20)33-14-37(23)18-7-9-19(10-8-18)38-27(30,31)32/h2-5,7-11,13-14H,1,6,12H2,(H,34,39). The summed E-state index contributed by atoms with van der Waals surface area (Å²) in [6.07, 6.45) is -1.65. The number of azo groups is 1. The van der Waals surface area contributed by atoms with Crippen LogP contribution in [-0.4, -0.2) is 21.0 Å². The molecule has 0 bridgehead atoms. The van der Waals surface area contributed by atoms with Gasteiger partial charge in [-0.3, -0.25) is 0 Å². The molecule has 1 aromatic heterocycles. The lowest BCUT2D eigenvalue weighted by molar-refractivity contribution is -0.274. The molecule has 0 unspecified atom stereocenters. The van der Waals surface area contributed by atoms with Crippen LogP contribution >= 0.6 is 35.4 Å². The molecule has 6 nitrogen and oxygen atoms in total. The summed E-state index contributed by atoms with van der Waals surface area (Å²) in [5, 5.41) is 12.0. The largest absolute Gasteiger partial charge is 0.573 e. The molecule has 198 valence electrons. The number of halogens is 5. The number of hydrogen-bond acceptors (Lipinski definition) is 4. The normalized spacial score (nSPS) is 12.6. The number of nitrogens with one attached hydrogen (secondary N) is 1. The van der Waals surface area contributed by atoms with Crippen molar-refractivity contribution < 1.29 is 17.9 Å². The summed E-state index contributed by atoms with van der Waals surface area (Å²) < 4.78 is 43.3. The van der Waals surface area contributed by atoms with E-state index in [1.54, 1.807) is 36.7 Å². The van der Waals surface area contributed by atoms with Crippen molar-refractivity contribution >= 4 is 51.9 Å². The van der Waals surface area contributed by atoms with Crippen molar-refractivity contribution in [3.05, 3.63) is 100 Å². The van der Waals surface area contributed by atoms with E-state index in [-0.39, 0.29) is 10.9 Å². The molecule has 5 rings (SSSR count). The molecule has 0 fully saturated rings. The van der Waals surface area contributed by atoms with Crippen LogP contribution in [0.1, 0.15) is 16.8 Å². The Kier molecular flexibility index (Phi) is 7.44. The van der Waals surface area contributed by atoms with Crippen molar-refractivity contribution in [3.63, 3.8) is 0 Å². The number of thiocarbonyl (C=S) groups is 1. The smallest absolute Gasteiger partial charge is 0.406 e. The number of imidazole rings is 1. The molecule has 0 amide bonds. The van der Waals surface area contributed by atoms with Gasteiger partial charge >= 0.3 is 6.36 Å². The van der Waals surface area contributed by atoms with Crippen LogP contribution in [0.3, 0.4) is 0 Å². The molecule has 4 aromatic rings. The summed E-state index contributed by atoms with van der Waals surface area (Å²) >= 11 is 17.5. The van der Waals surface area contributed by atoms with E-state index in [4.69, 9.17) is 35.4 Å². The Morgan fingerprint density at radius 2 is 1.74 bits per heavy atom. The van der Waals surface area contributed by atoms with E-state index in [1.807, 2.05) is 22.8 Å². The third-order valence-corrected chi connectivity index (χ3v) is 6.81. The molecule has 3 aromatic carbocycles. The first kappa shape index (κ1) is 26.9. The quantitative estimate of drug-likeness (QED) is 0.187. The topological polar surface area (TPSA) is 63.8 Å². The maximum Gasteiger partial charge on any atom is 0.573 e. The molecule has 1 N–H and O–H groups in total. The molecule has 1 heterocycles. The van der Waals surface area contributed by atoms with E-state index in [0.29, 0.717) is 33.5 Å². The van der Waals surface area contributed by atoms with Gasteiger partial charge in [-0.15, -0.1) is 23.4 Å². The Balaban J connectivity index is 1.31. The number of anilines is 1. The lowest BCUT2D eigenvalue weighted by atomic mass is 9.90. The second kappa shape index (κ2) is 10.8. The number of ether oxygens (including phenoxy) is 1. The zero-order valence-corrected chi connectivity index (χ0v) is 22.3. The Morgan fingerprint density at radius 1 is 1.03 bits per heavy atom. The predicted molar refractivity (Wildman–Crippen MR) is 150 cm³/mol. The summed E-state index contributed by atoms with van der Waals surface area (Å²) in [6.45, 7) is 4.00. The van der Waals surface area contributed by atoms with E-state index in [0.717, 1.165) is 34.5 Å². The molecule has 0 saturated carbocycles. The van der Waals surface area contributed by atoms with Crippen LogP contribution in [0.4, 0.5) is 18.9 Å². The van der Waals surface area contributed by atoms with Crippen LogP contribution < -0.4 is 10.1 Å². The Hall–Kier alpha value is -3.73. The number of rotatable bonds is 5. The van der Waals surface area contributed by atoms with E-state index < -0.39 is 6.36 Å². The first-order valence-corrected chi connectivity index (χ1v) is 12.7. The SMILES string of the molecule is C=C(N=NC(=S)Nc1c(Cl)cccc1Cl)c1ccc2c(c1)CCc1c-2ncn1-c1ccc(OC(F)(F)F)cc1. The highest BCUT2D eigenvalue weighted by atomic mass is 35.5. The predicted octanol–water partition coefficient (Wildman–Crippen LogP) is 8.66. The molecule has 1 aliphatic carbocycles. The van der Waals surface area contributed by atoms with Gasteiger partial charge in [-0.05, 0) is 73.1 Å². The molecular weight excluding hydrogens is 570 g/mol. The van der Waals surface area contributed by atoms with Crippen LogP contribution in [0.2, 0.25) is 10.0 Å². The molecule has 0 spiro atoms. The molecule has 0 radical (unpaired) electrons. The first-order chi connectivity index (χ1) is 18.6. The van der Waals surface area contributed by atoms with Crippen LogP contribution in [0.5, 0.6) is 5.75 Å². The van der Waals surface area contributed by atoms with Gasteiger partial charge in [-0.2, -0.15) is 0 Å². The van der Waals surface area contributed by atoms with Gasteiger partial charge in [-0.1, -0.05) is 48.0 Å². The molecular formula is C27H18Cl2F3N5OS. The highest BCUT2D eigenvalue weighted by Gasteiger charge is 2.31. The fourth-order valence-electron chi connectivity index (χ4n) is 4.25. The van der Waals surface area contributed by atoms with E-state index >= 15 is 0 Å². The summed E-state index contributed by atoms with van der Waals surface area (Å²) in [6, 6.07) is 16.6. The number of benzene rings is 3. The van der Waals surface area contributed by atoms with Crippen molar-refractivity contribution in [2.75, 3.05) is 5.32 Å². The van der Waals surface area contributed by atoms with Crippen molar-refractivity contribution in [2.24, 2.45) is 10.2 Å². The highest BCUT2D eigenvalue weighted by molar-refractivity contribution is 7.80. The number of nitrogens with zero attached hydrogens (tertiary/aromatic N) is 4. The maximum absolute atomic E-state index is 12.5. The van der Waals surface area contributed by atoms with Gasteiger partial charge in [0.25, 0.3) is 0 Å². The summed E-state index contributed by atoms with van der Waals surface area (Å²) in [7, 11) is 0. The molecule has 0 saturated heterocycles. The van der Waals surface area contributed by atoms with Gasteiger partial charge < -0.3 is 14.6 Å². The van der Waals surface area contributed by atoms with Gasteiger partial charge in [0, 0.05) is 16.8 Å². The van der Waals surface area contributed by atoms with Crippen LogP contribution in [0.15, 0.2) is 83.8 Å². The van der Waals surface area contributed by atoms with Gasteiger partial charge in [0.15, 0.2) is 0 Å². The van der Waals surface area contributed by atoms with E-state index in [9.17, 15) is 13.2 Å². The molecule has 0 atom stereocenters. The lowest BCUT2D eigenvalue weighted by Gasteiger charge is -2.19. The molecule has 0 aliphatic heterocycles. The van der Waals surface area contributed by atoms with Crippen LogP contribution in [-0.2, 0) is 12.8 Å². The fraction of sp³-hybridized carbons (Fsp3) is 0.111. The lowest BCUT2D eigenvalue weighted by Crippen LogP contribution is -2.17. The zero-order valence-electron chi connectivity index (χ0n) is 20.0. The van der Waals surface area contributed by atoms with Gasteiger partial charge in [0.1, 0.15) is 12.1 Å². The average Bonchev–Trinajstić information content (AvgIpc) is 3.33. The zero-order chi connectivity index (χ0) is 27.7. The van der Waals surface area contributed by atoms with Crippen LogP contribution in [0.25, 0.3) is 22.6 Å². The van der Waals surface area contributed by atoms with Crippen molar-refractivity contribution in [1.29, 1.82) is 0 Å². The third-order valence-electron chi connectivity index (χ3n) is 6.00. The van der Waals surface area contributed by atoms with E-state index in [1.165, 1.54) is 12.1 Å². The Morgan fingerprint density at radius 3 is 2.44 bits per heavy atom. The summed E-state index contributed by atoms with van der Waals surface area (Å²) in [5.41, 5.74) is 6.15. The monoisotopic (exact) mass is 587 g/mol. The average molecular weight is 588 g/mol. The number of fused-ring (bicyclic) bond motifs is 3. The second-order valence-electron chi connectivity index (χ2n) is 8.50. The van der Waals surface area contributed by atoms with Crippen molar-refractivity contribution in [1.82, 2.24) is 9.55 Å². The number of hydrogen-bond donors (Lipinski definition) is 1. The molecule has 1 aliphatic rings. The van der Waals surface area contributed by atoms with Gasteiger partial charge in [0.05, 0.1) is 32.8 Å². The minimum Gasteiger partial charge on any atom is -0.406 e. The maximum atomic E-state index is 12.5. The third kappa shape index (κ3) is 5.98. The molecule has 39 heavy (non-hydrogen) atoms. The number of aryl methyl sites for hydroxylation is 1. The summed E-state index contributed by atoms with van der Waals surface area (Å²) in [4.78, 5) is 4.58. The fourth-order valence-corrected chi connectivity index (χ4v) is 4.88. The number of alkyl halides is 3. The number of para-hydroxylation sites is 1. The van der Waals surface area contributed by atoms with E-state index in [2.05, 4.69) is 31.8 Å². The van der Waals surface area contributed by atoms with Gasteiger partial charge in [0.2, 0.25) is 5.11 Å². The minimum atomic E-state index is -4.74. The Labute approximate surface area is 236 Å². The second-order valence-corrected chi connectivity index (χ2v) is 9.70. The first-order valence-electron chi connectivity index (χ1n) is 11.5. The minimum absolute atomic E-state index is 0.0808. The van der Waals surface area contributed by atoms with Gasteiger partial charge in [-0.25, -0.2) is 4.98 Å². The Bertz CT molecular complexity index is 1600. The molecule has 12 heteroatoms. The van der Waals surface area contributed by atoms with Crippen LogP contribution in [0, 0.1) is 0 Å². The number of aromatic nitrogens is 2. The highest BCUT2D eigenvalue weighted by Crippen LogP contribution is 2.36. The van der Waals surface area contributed by atoms with Crippen molar-refractivity contribution in [2.45, 2.75) is 19.2 Å². The summed E-state index contributed by atoms with van der Waals surface area (Å²) in [5.74, 6) is -0.278.